The van der Waals surface area contributed by atoms with Gasteiger partial charge in [0.25, 0.3) is 0 Å². The fourth-order valence-electron chi connectivity index (χ4n) is 1.31. The number of rotatable bonds is 6. The molecule has 0 aliphatic heterocycles. The van der Waals surface area contributed by atoms with Crippen molar-refractivity contribution in [1.82, 2.24) is 0 Å². The second-order valence-electron chi connectivity index (χ2n) is 3.58. The molecule has 0 bridgehead atoms. The van der Waals surface area contributed by atoms with Gasteiger partial charge >= 0.3 is 0 Å². The summed E-state index contributed by atoms with van der Waals surface area (Å²) in [5, 5.41) is 0. The van der Waals surface area contributed by atoms with E-state index < -0.39 is 9.84 Å². The van der Waals surface area contributed by atoms with Crippen LogP contribution in [0.3, 0.4) is 0 Å². The van der Waals surface area contributed by atoms with Crippen LogP contribution < -0.4 is 10.5 Å². The van der Waals surface area contributed by atoms with Crippen LogP contribution in [0.2, 0.25) is 0 Å². The van der Waals surface area contributed by atoms with Crippen molar-refractivity contribution in [3.8, 4) is 5.75 Å². The van der Waals surface area contributed by atoms with Gasteiger partial charge in [0, 0.05) is 6.54 Å². The molecule has 4 nitrogen and oxygen atoms in total. The molecular formula is C12H17NO3S. The third kappa shape index (κ3) is 5.01. The van der Waals surface area contributed by atoms with Crippen LogP contribution >= 0.6 is 0 Å². The molecule has 94 valence electrons. The van der Waals surface area contributed by atoms with Gasteiger partial charge in [0.05, 0.1) is 18.6 Å². The van der Waals surface area contributed by atoms with E-state index in [-0.39, 0.29) is 18.1 Å². The first-order chi connectivity index (χ1) is 8.07. The molecule has 1 aromatic carbocycles. The maximum Gasteiger partial charge on any atom is 0.155 e. The van der Waals surface area contributed by atoms with Gasteiger partial charge in [-0.25, -0.2) is 8.42 Å². The first kappa shape index (κ1) is 13.7. The molecule has 1 rings (SSSR count). The molecule has 0 saturated heterocycles. The Morgan fingerprint density at radius 3 is 2.47 bits per heavy atom. The monoisotopic (exact) mass is 255 g/mol. The number of benzene rings is 1. The lowest BCUT2D eigenvalue weighted by atomic mass is 10.2. The summed E-state index contributed by atoms with van der Waals surface area (Å²) in [5.74, 6) is 0.828. The standard InChI is InChI=1S/C12H17NO3S/c1-16-12-6-4-11(5-7-12)3-2-9-17(14,15)10-8-13/h2-7H,8-10,13H2,1H3/b3-2+. The number of sulfone groups is 1. The summed E-state index contributed by atoms with van der Waals surface area (Å²) in [6.07, 6.45) is 3.40. The number of nitrogens with two attached hydrogens (primary N) is 1. The lowest BCUT2D eigenvalue weighted by Gasteiger charge is -1.99. The summed E-state index contributed by atoms with van der Waals surface area (Å²) < 4.78 is 27.8. The molecule has 17 heavy (non-hydrogen) atoms. The molecule has 0 aliphatic rings. The molecule has 0 aromatic heterocycles. The Hall–Kier alpha value is -1.33. The molecule has 1 aromatic rings. The minimum absolute atomic E-state index is 0.0240. The van der Waals surface area contributed by atoms with E-state index in [1.54, 1.807) is 19.3 Å². The Labute approximate surface area is 102 Å². The minimum atomic E-state index is -3.05. The Morgan fingerprint density at radius 1 is 1.29 bits per heavy atom. The van der Waals surface area contributed by atoms with E-state index in [1.807, 2.05) is 24.3 Å². The quantitative estimate of drug-likeness (QED) is 0.826. The molecular weight excluding hydrogens is 238 g/mol. The average Bonchev–Trinajstić information content (AvgIpc) is 2.29. The molecule has 0 atom stereocenters. The van der Waals surface area contributed by atoms with Crippen molar-refractivity contribution in [2.75, 3.05) is 25.2 Å². The summed E-state index contributed by atoms with van der Waals surface area (Å²) >= 11 is 0. The van der Waals surface area contributed by atoms with Gasteiger partial charge in [-0.15, -0.1) is 0 Å². The third-order valence-electron chi connectivity index (χ3n) is 2.21. The van der Waals surface area contributed by atoms with Crippen molar-refractivity contribution in [2.24, 2.45) is 5.73 Å². The van der Waals surface area contributed by atoms with E-state index in [0.29, 0.717) is 0 Å². The second kappa shape index (κ2) is 6.42. The van der Waals surface area contributed by atoms with Gasteiger partial charge < -0.3 is 10.5 Å². The van der Waals surface area contributed by atoms with Gasteiger partial charge in [-0.1, -0.05) is 24.3 Å². The van der Waals surface area contributed by atoms with E-state index in [1.165, 1.54) is 0 Å². The van der Waals surface area contributed by atoms with E-state index in [4.69, 9.17) is 10.5 Å². The van der Waals surface area contributed by atoms with E-state index in [0.717, 1.165) is 11.3 Å². The zero-order valence-electron chi connectivity index (χ0n) is 9.80. The summed E-state index contributed by atoms with van der Waals surface area (Å²) in [4.78, 5) is 0. The zero-order valence-corrected chi connectivity index (χ0v) is 10.6. The van der Waals surface area contributed by atoms with Crippen molar-refractivity contribution < 1.29 is 13.2 Å². The van der Waals surface area contributed by atoms with E-state index >= 15 is 0 Å². The predicted molar refractivity (Wildman–Crippen MR) is 69.7 cm³/mol. The van der Waals surface area contributed by atoms with Crippen LogP contribution in [-0.4, -0.2) is 33.6 Å². The van der Waals surface area contributed by atoms with Crippen LogP contribution in [0.4, 0.5) is 0 Å². The van der Waals surface area contributed by atoms with Crippen LogP contribution in [0, 0.1) is 0 Å². The Bertz CT molecular complexity index is 463. The largest absolute Gasteiger partial charge is 0.497 e. The fraction of sp³-hybridized carbons (Fsp3) is 0.333. The lowest BCUT2D eigenvalue weighted by Crippen LogP contribution is -2.17. The minimum Gasteiger partial charge on any atom is -0.497 e. The topological polar surface area (TPSA) is 69.4 Å². The molecule has 0 radical (unpaired) electrons. The van der Waals surface area contributed by atoms with Gasteiger partial charge in [-0.3, -0.25) is 0 Å². The highest BCUT2D eigenvalue weighted by molar-refractivity contribution is 7.91. The van der Waals surface area contributed by atoms with Crippen LogP contribution in [0.25, 0.3) is 6.08 Å². The molecule has 0 heterocycles. The van der Waals surface area contributed by atoms with E-state index in [2.05, 4.69) is 0 Å². The van der Waals surface area contributed by atoms with Gasteiger partial charge in [0.1, 0.15) is 5.75 Å². The second-order valence-corrected chi connectivity index (χ2v) is 5.81. The molecule has 0 spiro atoms. The highest BCUT2D eigenvalue weighted by Gasteiger charge is 2.05. The van der Waals surface area contributed by atoms with Crippen LogP contribution in [0.5, 0.6) is 5.75 Å². The van der Waals surface area contributed by atoms with Gasteiger partial charge in [-0.05, 0) is 17.7 Å². The highest BCUT2D eigenvalue weighted by Crippen LogP contribution is 2.12. The fourth-order valence-corrected chi connectivity index (χ4v) is 2.22. The molecule has 5 heteroatoms. The third-order valence-corrected chi connectivity index (χ3v) is 3.76. The molecule has 0 fully saturated rings. The normalized spacial score (nSPS) is 11.9. The van der Waals surface area contributed by atoms with Gasteiger partial charge in [0.15, 0.2) is 9.84 Å². The van der Waals surface area contributed by atoms with Gasteiger partial charge in [-0.2, -0.15) is 0 Å². The number of hydrogen-bond donors (Lipinski definition) is 1. The van der Waals surface area contributed by atoms with Crippen molar-refractivity contribution >= 4 is 15.9 Å². The first-order valence-electron chi connectivity index (χ1n) is 5.28. The molecule has 2 N–H and O–H groups in total. The van der Waals surface area contributed by atoms with Crippen molar-refractivity contribution in [2.45, 2.75) is 0 Å². The molecule has 0 aliphatic carbocycles. The summed E-state index contributed by atoms with van der Waals surface area (Å²) in [6, 6.07) is 7.39. The summed E-state index contributed by atoms with van der Waals surface area (Å²) in [5.41, 5.74) is 6.15. The van der Waals surface area contributed by atoms with Crippen LogP contribution in [0.1, 0.15) is 5.56 Å². The van der Waals surface area contributed by atoms with Crippen molar-refractivity contribution in [1.29, 1.82) is 0 Å². The highest BCUT2D eigenvalue weighted by atomic mass is 32.2. The smallest absolute Gasteiger partial charge is 0.155 e. The average molecular weight is 255 g/mol. The number of methoxy groups -OCH3 is 1. The molecule has 0 amide bonds. The Balaban J connectivity index is 2.59. The van der Waals surface area contributed by atoms with Crippen molar-refractivity contribution in [3.05, 3.63) is 35.9 Å². The summed E-state index contributed by atoms with van der Waals surface area (Å²) in [7, 11) is -1.45. The first-order valence-corrected chi connectivity index (χ1v) is 7.10. The molecule has 0 unspecified atom stereocenters. The maximum absolute atomic E-state index is 11.4. The SMILES string of the molecule is COc1ccc(/C=C/CS(=O)(=O)CCN)cc1. The van der Waals surface area contributed by atoms with Crippen LogP contribution in [0.15, 0.2) is 30.3 Å². The lowest BCUT2D eigenvalue weighted by molar-refractivity contribution is 0.415. The maximum atomic E-state index is 11.4. The van der Waals surface area contributed by atoms with E-state index in [9.17, 15) is 8.42 Å². The van der Waals surface area contributed by atoms with Gasteiger partial charge in [0.2, 0.25) is 0 Å². The predicted octanol–water partition coefficient (Wildman–Crippen LogP) is 1.08. The van der Waals surface area contributed by atoms with Crippen LogP contribution in [-0.2, 0) is 9.84 Å². The summed E-state index contributed by atoms with van der Waals surface area (Å²) in [6.45, 7) is 0.165. The number of hydrogen-bond acceptors (Lipinski definition) is 4. The Kier molecular flexibility index (Phi) is 5.18. The number of ether oxygens (including phenoxy) is 1. The zero-order chi connectivity index (χ0) is 12.7. The van der Waals surface area contributed by atoms with Crippen molar-refractivity contribution in [3.63, 3.8) is 0 Å². The Morgan fingerprint density at radius 2 is 1.94 bits per heavy atom. The molecule has 0 saturated carbocycles.